The van der Waals surface area contributed by atoms with Crippen molar-refractivity contribution in [2.24, 2.45) is 0 Å². The van der Waals surface area contributed by atoms with Crippen molar-refractivity contribution in [3.05, 3.63) is 53.3 Å². The Morgan fingerprint density at radius 3 is 2.46 bits per heavy atom. The van der Waals surface area contributed by atoms with Gasteiger partial charge in [0.15, 0.2) is 0 Å². The van der Waals surface area contributed by atoms with E-state index in [9.17, 15) is 4.79 Å². The van der Waals surface area contributed by atoms with E-state index in [1.807, 2.05) is 50.2 Å². The second-order valence-electron chi connectivity index (χ2n) is 5.73. The van der Waals surface area contributed by atoms with Crippen LogP contribution in [0.4, 0.5) is 5.95 Å². The molecule has 0 radical (unpaired) electrons. The molecule has 0 aliphatic heterocycles. The number of carbonyl (C=O) groups excluding carboxylic acids is 1. The average molecular weight is 328 g/mol. The number of hydrogen-bond acceptors (Lipinski definition) is 5. The van der Waals surface area contributed by atoms with Crippen LogP contribution in [0.2, 0.25) is 0 Å². The minimum atomic E-state index is -0.479. The van der Waals surface area contributed by atoms with Crippen LogP contribution in [0.5, 0.6) is 0 Å². The third-order valence-electron chi connectivity index (χ3n) is 3.52. The van der Waals surface area contributed by atoms with Gasteiger partial charge in [-0.3, -0.25) is 4.79 Å². The quantitative estimate of drug-likeness (QED) is 0.641. The SMILES string of the molecule is Cc1cc(C)nc(NC(Cc2ccccc2)C(=O)NCCCO)n1. The third-order valence-corrected chi connectivity index (χ3v) is 3.52. The van der Waals surface area contributed by atoms with Gasteiger partial charge in [0, 0.05) is 31.0 Å². The second kappa shape index (κ2) is 8.98. The molecule has 1 amide bonds. The summed E-state index contributed by atoms with van der Waals surface area (Å²) >= 11 is 0. The number of aromatic nitrogens is 2. The van der Waals surface area contributed by atoms with Crippen molar-refractivity contribution in [1.82, 2.24) is 15.3 Å². The highest BCUT2D eigenvalue weighted by Crippen LogP contribution is 2.10. The number of anilines is 1. The van der Waals surface area contributed by atoms with E-state index in [2.05, 4.69) is 20.6 Å². The van der Waals surface area contributed by atoms with Crippen molar-refractivity contribution in [3.8, 4) is 0 Å². The van der Waals surface area contributed by atoms with Crippen LogP contribution in [0.25, 0.3) is 0 Å². The molecular weight excluding hydrogens is 304 g/mol. The first kappa shape index (κ1) is 17.9. The standard InChI is InChI=1S/C18H24N4O2/c1-13-11-14(2)21-18(20-13)22-16(17(24)19-9-6-10-23)12-15-7-4-3-5-8-15/h3-5,7-8,11,16,23H,6,9-10,12H2,1-2H3,(H,19,24)(H,20,21,22). The predicted octanol–water partition coefficient (Wildman–Crippen LogP) is 1.62. The number of aryl methyl sites for hydroxylation is 2. The smallest absolute Gasteiger partial charge is 0.242 e. The van der Waals surface area contributed by atoms with E-state index < -0.39 is 6.04 Å². The second-order valence-corrected chi connectivity index (χ2v) is 5.73. The lowest BCUT2D eigenvalue weighted by molar-refractivity contribution is -0.121. The first-order valence-electron chi connectivity index (χ1n) is 8.10. The summed E-state index contributed by atoms with van der Waals surface area (Å²) in [5.74, 6) is 0.320. The van der Waals surface area contributed by atoms with Crippen molar-refractivity contribution in [3.63, 3.8) is 0 Å². The maximum absolute atomic E-state index is 12.5. The van der Waals surface area contributed by atoms with Crippen LogP contribution in [0, 0.1) is 13.8 Å². The first-order valence-corrected chi connectivity index (χ1v) is 8.10. The molecule has 0 aliphatic rings. The predicted molar refractivity (Wildman–Crippen MR) is 93.8 cm³/mol. The molecule has 0 saturated carbocycles. The zero-order chi connectivity index (χ0) is 17.4. The monoisotopic (exact) mass is 328 g/mol. The van der Waals surface area contributed by atoms with Gasteiger partial charge in [-0.25, -0.2) is 9.97 Å². The maximum Gasteiger partial charge on any atom is 0.242 e. The van der Waals surface area contributed by atoms with E-state index in [1.165, 1.54) is 0 Å². The van der Waals surface area contributed by atoms with E-state index in [0.717, 1.165) is 17.0 Å². The minimum Gasteiger partial charge on any atom is -0.396 e. The van der Waals surface area contributed by atoms with Gasteiger partial charge in [0.05, 0.1) is 0 Å². The molecule has 0 fully saturated rings. The van der Waals surface area contributed by atoms with Crippen LogP contribution in [0.15, 0.2) is 36.4 Å². The molecule has 0 aliphatic carbocycles. The summed E-state index contributed by atoms with van der Waals surface area (Å²) in [6.45, 7) is 4.29. The summed E-state index contributed by atoms with van der Waals surface area (Å²) in [5, 5.41) is 14.8. The molecular formula is C18H24N4O2. The largest absolute Gasteiger partial charge is 0.396 e. The number of hydrogen-bond donors (Lipinski definition) is 3. The highest BCUT2D eigenvalue weighted by atomic mass is 16.3. The van der Waals surface area contributed by atoms with Crippen LogP contribution in [0.3, 0.4) is 0 Å². The van der Waals surface area contributed by atoms with Gasteiger partial charge in [-0.05, 0) is 31.9 Å². The molecule has 1 heterocycles. The van der Waals surface area contributed by atoms with E-state index in [-0.39, 0.29) is 12.5 Å². The summed E-state index contributed by atoms with van der Waals surface area (Å²) < 4.78 is 0. The van der Waals surface area contributed by atoms with Gasteiger partial charge in [-0.1, -0.05) is 30.3 Å². The Bertz CT molecular complexity index is 641. The number of carbonyl (C=O) groups is 1. The van der Waals surface area contributed by atoms with E-state index >= 15 is 0 Å². The number of aliphatic hydroxyl groups excluding tert-OH is 1. The molecule has 3 N–H and O–H groups in total. The lowest BCUT2D eigenvalue weighted by Crippen LogP contribution is -2.42. The number of nitrogens with zero attached hydrogens (tertiary/aromatic N) is 2. The number of aliphatic hydroxyl groups is 1. The third kappa shape index (κ3) is 5.62. The molecule has 24 heavy (non-hydrogen) atoms. The number of rotatable bonds is 8. The maximum atomic E-state index is 12.5. The highest BCUT2D eigenvalue weighted by Gasteiger charge is 2.19. The summed E-state index contributed by atoms with van der Waals surface area (Å²) in [6, 6.07) is 11.2. The summed E-state index contributed by atoms with van der Waals surface area (Å²) in [6.07, 6.45) is 1.06. The Morgan fingerprint density at radius 2 is 1.83 bits per heavy atom. The molecule has 128 valence electrons. The van der Waals surface area contributed by atoms with Crippen molar-refractivity contribution >= 4 is 11.9 Å². The Labute approximate surface area is 142 Å². The lowest BCUT2D eigenvalue weighted by atomic mass is 10.1. The Kier molecular flexibility index (Phi) is 6.69. The molecule has 1 atom stereocenters. The van der Waals surface area contributed by atoms with Crippen molar-refractivity contribution < 1.29 is 9.90 Å². The molecule has 6 heteroatoms. The van der Waals surface area contributed by atoms with Crippen LogP contribution < -0.4 is 10.6 Å². The van der Waals surface area contributed by atoms with Crippen LogP contribution in [0.1, 0.15) is 23.4 Å². The van der Waals surface area contributed by atoms with Crippen molar-refractivity contribution in [1.29, 1.82) is 0 Å². The Balaban J connectivity index is 2.13. The average Bonchev–Trinajstić information content (AvgIpc) is 2.54. The fourth-order valence-electron chi connectivity index (χ4n) is 2.42. The zero-order valence-corrected chi connectivity index (χ0v) is 14.1. The summed E-state index contributed by atoms with van der Waals surface area (Å²) in [5.41, 5.74) is 2.75. The molecule has 0 bridgehead atoms. The van der Waals surface area contributed by atoms with Crippen LogP contribution in [-0.4, -0.2) is 40.2 Å². The highest BCUT2D eigenvalue weighted by molar-refractivity contribution is 5.84. The van der Waals surface area contributed by atoms with Gasteiger partial charge in [0.1, 0.15) is 6.04 Å². The fourth-order valence-corrected chi connectivity index (χ4v) is 2.42. The van der Waals surface area contributed by atoms with Crippen LogP contribution >= 0.6 is 0 Å². The number of amides is 1. The van der Waals surface area contributed by atoms with Crippen molar-refractivity contribution in [2.45, 2.75) is 32.7 Å². The van der Waals surface area contributed by atoms with Gasteiger partial charge in [0.2, 0.25) is 11.9 Å². The topological polar surface area (TPSA) is 87.1 Å². The molecule has 2 aromatic rings. The normalized spacial score (nSPS) is 11.8. The Morgan fingerprint density at radius 1 is 1.17 bits per heavy atom. The lowest BCUT2D eigenvalue weighted by Gasteiger charge is -2.19. The van der Waals surface area contributed by atoms with E-state index in [1.54, 1.807) is 0 Å². The molecule has 1 aromatic carbocycles. The van der Waals surface area contributed by atoms with Gasteiger partial charge in [-0.2, -0.15) is 0 Å². The molecule has 0 saturated heterocycles. The van der Waals surface area contributed by atoms with Gasteiger partial charge in [0.25, 0.3) is 0 Å². The van der Waals surface area contributed by atoms with Crippen LogP contribution in [-0.2, 0) is 11.2 Å². The molecule has 1 aromatic heterocycles. The first-order chi connectivity index (χ1) is 11.6. The number of benzene rings is 1. The van der Waals surface area contributed by atoms with E-state index in [0.29, 0.717) is 25.3 Å². The van der Waals surface area contributed by atoms with Gasteiger partial charge >= 0.3 is 0 Å². The van der Waals surface area contributed by atoms with Crippen molar-refractivity contribution in [2.75, 3.05) is 18.5 Å². The zero-order valence-electron chi connectivity index (χ0n) is 14.1. The molecule has 1 unspecified atom stereocenters. The van der Waals surface area contributed by atoms with Gasteiger partial charge in [-0.15, -0.1) is 0 Å². The summed E-state index contributed by atoms with van der Waals surface area (Å²) in [7, 11) is 0. The van der Waals surface area contributed by atoms with Gasteiger partial charge < -0.3 is 15.7 Å². The minimum absolute atomic E-state index is 0.0528. The summed E-state index contributed by atoms with van der Waals surface area (Å²) in [4.78, 5) is 21.2. The fraction of sp³-hybridized carbons (Fsp3) is 0.389. The molecule has 2 rings (SSSR count). The Hall–Kier alpha value is -2.47. The molecule has 6 nitrogen and oxygen atoms in total. The van der Waals surface area contributed by atoms with E-state index in [4.69, 9.17) is 5.11 Å². The molecule has 0 spiro atoms. The number of nitrogens with one attached hydrogen (secondary N) is 2.